The Balaban J connectivity index is 1.69. The quantitative estimate of drug-likeness (QED) is 0.888. The van der Waals surface area contributed by atoms with Gasteiger partial charge in [0.05, 0.1) is 5.69 Å². The number of hydrogen-bond acceptors (Lipinski definition) is 4. The van der Waals surface area contributed by atoms with Gasteiger partial charge in [0.2, 0.25) is 0 Å². The van der Waals surface area contributed by atoms with E-state index in [1.807, 2.05) is 6.07 Å². The molecule has 5 heteroatoms. The second-order valence-corrected chi connectivity index (χ2v) is 5.37. The summed E-state index contributed by atoms with van der Waals surface area (Å²) in [4.78, 5) is 8.38. The minimum atomic E-state index is -0.294. The molecule has 1 aliphatic rings. The molecular formula is C16H19FN4. The van der Waals surface area contributed by atoms with Gasteiger partial charge in [-0.25, -0.2) is 14.4 Å². The number of hydrogen-bond donors (Lipinski definition) is 2. The second kappa shape index (κ2) is 6.52. The fourth-order valence-electron chi connectivity index (χ4n) is 2.66. The first-order valence-corrected chi connectivity index (χ1v) is 7.41. The van der Waals surface area contributed by atoms with E-state index in [-0.39, 0.29) is 5.82 Å². The van der Waals surface area contributed by atoms with Crippen LogP contribution in [-0.2, 0) is 0 Å². The van der Waals surface area contributed by atoms with Crippen molar-refractivity contribution >= 4 is 17.3 Å². The molecule has 1 heterocycles. The molecule has 0 aliphatic heterocycles. The first-order chi connectivity index (χ1) is 10.3. The maximum absolute atomic E-state index is 13.6. The van der Waals surface area contributed by atoms with Crippen LogP contribution in [0.3, 0.4) is 0 Å². The van der Waals surface area contributed by atoms with Gasteiger partial charge in [0.1, 0.15) is 23.8 Å². The molecule has 1 fully saturated rings. The van der Waals surface area contributed by atoms with Crippen molar-refractivity contribution < 1.29 is 4.39 Å². The van der Waals surface area contributed by atoms with Crippen molar-refractivity contribution in [2.24, 2.45) is 0 Å². The van der Waals surface area contributed by atoms with Crippen LogP contribution >= 0.6 is 0 Å². The van der Waals surface area contributed by atoms with Crippen LogP contribution < -0.4 is 10.6 Å². The van der Waals surface area contributed by atoms with Gasteiger partial charge in [0, 0.05) is 12.1 Å². The average Bonchev–Trinajstić information content (AvgIpc) is 2.51. The summed E-state index contributed by atoms with van der Waals surface area (Å²) in [5.74, 6) is 1.09. The molecule has 3 rings (SSSR count). The van der Waals surface area contributed by atoms with E-state index >= 15 is 0 Å². The molecule has 0 atom stereocenters. The Kier molecular flexibility index (Phi) is 4.28. The minimum absolute atomic E-state index is 0.294. The summed E-state index contributed by atoms with van der Waals surface area (Å²) in [6, 6.07) is 8.86. The highest BCUT2D eigenvalue weighted by Crippen LogP contribution is 2.23. The van der Waals surface area contributed by atoms with Gasteiger partial charge in [-0.3, -0.25) is 0 Å². The summed E-state index contributed by atoms with van der Waals surface area (Å²) in [6.07, 6.45) is 7.71. The van der Waals surface area contributed by atoms with Crippen LogP contribution in [0.15, 0.2) is 36.7 Å². The van der Waals surface area contributed by atoms with Crippen LogP contribution in [0.4, 0.5) is 21.7 Å². The summed E-state index contributed by atoms with van der Waals surface area (Å²) in [5, 5.41) is 6.42. The van der Waals surface area contributed by atoms with Crippen molar-refractivity contribution in [3.63, 3.8) is 0 Å². The fraction of sp³-hybridized carbons (Fsp3) is 0.375. The Morgan fingerprint density at radius 2 is 1.76 bits per heavy atom. The summed E-state index contributed by atoms with van der Waals surface area (Å²) in [6.45, 7) is 0. The minimum Gasteiger partial charge on any atom is -0.367 e. The molecule has 2 aromatic rings. The molecule has 0 bridgehead atoms. The predicted octanol–water partition coefficient (Wildman–Crippen LogP) is 4.10. The zero-order chi connectivity index (χ0) is 14.5. The number of nitrogens with zero attached hydrogens (tertiary/aromatic N) is 2. The highest BCUT2D eigenvalue weighted by Gasteiger charge is 2.13. The Morgan fingerprint density at radius 1 is 1.00 bits per heavy atom. The van der Waals surface area contributed by atoms with Gasteiger partial charge in [0.25, 0.3) is 0 Å². The van der Waals surface area contributed by atoms with E-state index in [0.29, 0.717) is 17.5 Å². The number of rotatable bonds is 4. The third-order valence-electron chi connectivity index (χ3n) is 3.76. The number of anilines is 3. The molecule has 1 aliphatic carbocycles. The van der Waals surface area contributed by atoms with Gasteiger partial charge in [-0.2, -0.15) is 0 Å². The molecule has 0 unspecified atom stereocenters. The van der Waals surface area contributed by atoms with Crippen molar-refractivity contribution in [2.45, 2.75) is 38.1 Å². The SMILES string of the molecule is Fc1ccccc1Nc1cc(NC2CCCCC2)ncn1. The average molecular weight is 286 g/mol. The van der Waals surface area contributed by atoms with Gasteiger partial charge in [-0.1, -0.05) is 31.4 Å². The summed E-state index contributed by atoms with van der Waals surface area (Å²) in [5.41, 5.74) is 0.416. The Labute approximate surface area is 123 Å². The molecule has 0 saturated heterocycles. The molecule has 1 aromatic carbocycles. The fourth-order valence-corrected chi connectivity index (χ4v) is 2.66. The summed E-state index contributed by atoms with van der Waals surface area (Å²) >= 11 is 0. The zero-order valence-electron chi connectivity index (χ0n) is 11.8. The summed E-state index contributed by atoms with van der Waals surface area (Å²) < 4.78 is 13.6. The lowest BCUT2D eigenvalue weighted by molar-refractivity contribution is 0.462. The van der Waals surface area contributed by atoms with Crippen LogP contribution in [0.2, 0.25) is 0 Å². The maximum atomic E-state index is 13.6. The molecule has 21 heavy (non-hydrogen) atoms. The number of para-hydroxylation sites is 1. The van der Waals surface area contributed by atoms with Crippen LogP contribution in [0.25, 0.3) is 0 Å². The van der Waals surface area contributed by atoms with Crippen LogP contribution in [0.5, 0.6) is 0 Å². The van der Waals surface area contributed by atoms with Crippen molar-refractivity contribution in [3.05, 3.63) is 42.5 Å². The highest BCUT2D eigenvalue weighted by molar-refractivity contribution is 5.59. The first-order valence-electron chi connectivity index (χ1n) is 7.41. The van der Waals surface area contributed by atoms with E-state index < -0.39 is 0 Å². The number of nitrogens with one attached hydrogen (secondary N) is 2. The van der Waals surface area contributed by atoms with Crippen molar-refractivity contribution in [2.75, 3.05) is 10.6 Å². The molecule has 1 saturated carbocycles. The Morgan fingerprint density at radius 3 is 2.57 bits per heavy atom. The molecule has 1 aromatic heterocycles. The molecular weight excluding hydrogens is 267 g/mol. The lowest BCUT2D eigenvalue weighted by atomic mass is 9.95. The molecule has 110 valence electrons. The maximum Gasteiger partial charge on any atom is 0.146 e. The Hall–Kier alpha value is -2.17. The van der Waals surface area contributed by atoms with Gasteiger partial charge in [0.15, 0.2) is 0 Å². The first kappa shape index (κ1) is 13.8. The number of aromatic nitrogens is 2. The van der Waals surface area contributed by atoms with E-state index in [1.54, 1.807) is 18.2 Å². The van der Waals surface area contributed by atoms with Gasteiger partial charge < -0.3 is 10.6 Å². The third-order valence-corrected chi connectivity index (χ3v) is 3.76. The number of benzene rings is 1. The van der Waals surface area contributed by atoms with Gasteiger partial charge >= 0.3 is 0 Å². The number of halogens is 1. The van der Waals surface area contributed by atoms with Crippen LogP contribution in [0.1, 0.15) is 32.1 Å². The molecule has 4 nitrogen and oxygen atoms in total. The Bertz CT molecular complexity index is 596. The van der Waals surface area contributed by atoms with E-state index in [2.05, 4.69) is 20.6 Å². The predicted molar refractivity (Wildman–Crippen MR) is 82.2 cm³/mol. The summed E-state index contributed by atoms with van der Waals surface area (Å²) in [7, 11) is 0. The van der Waals surface area contributed by atoms with E-state index in [9.17, 15) is 4.39 Å². The lowest BCUT2D eigenvalue weighted by Gasteiger charge is -2.23. The third kappa shape index (κ3) is 3.68. The standard InChI is InChI=1S/C16H19FN4/c17-13-8-4-5-9-14(13)21-16-10-15(18-11-19-16)20-12-6-2-1-3-7-12/h4-5,8-12H,1-3,6-7H2,(H2,18,19,20,21). The van der Waals surface area contributed by atoms with Crippen molar-refractivity contribution in [3.8, 4) is 0 Å². The van der Waals surface area contributed by atoms with Crippen LogP contribution in [-0.4, -0.2) is 16.0 Å². The molecule has 0 amide bonds. The van der Waals surface area contributed by atoms with Crippen molar-refractivity contribution in [1.29, 1.82) is 0 Å². The highest BCUT2D eigenvalue weighted by atomic mass is 19.1. The zero-order valence-corrected chi connectivity index (χ0v) is 11.8. The topological polar surface area (TPSA) is 49.8 Å². The largest absolute Gasteiger partial charge is 0.367 e. The van der Waals surface area contributed by atoms with Gasteiger partial charge in [-0.15, -0.1) is 0 Å². The smallest absolute Gasteiger partial charge is 0.146 e. The van der Waals surface area contributed by atoms with Gasteiger partial charge in [-0.05, 0) is 25.0 Å². The van der Waals surface area contributed by atoms with E-state index in [1.165, 1.54) is 44.5 Å². The molecule has 0 spiro atoms. The normalized spacial score (nSPS) is 15.7. The van der Waals surface area contributed by atoms with Crippen molar-refractivity contribution in [1.82, 2.24) is 9.97 Å². The van der Waals surface area contributed by atoms with Crippen LogP contribution in [0, 0.1) is 5.82 Å². The second-order valence-electron chi connectivity index (χ2n) is 5.37. The monoisotopic (exact) mass is 286 g/mol. The lowest BCUT2D eigenvalue weighted by Crippen LogP contribution is -2.22. The van der Waals surface area contributed by atoms with E-state index in [4.69, 9.17) is 0 Å². The van der Waals surface area contributed by atoms with E-state index in [0.717, 1.165) is 5.82 Å². The molecule has 0 radical (unpaired) electrons. The molecule has 2 N–H and O–H groups in total.